The van der Waals surface area contributed by atoms with Gasteiger partial charge in [0.2, 0.25) is 0 Å². The lowest BCUT2D eigenvalue weighted by Gasteiger charge is -2.67. The fraction of sp³-hybridized carbons (Fsp3) is 0.789. The van der Waals surface area contributed by atoms with Crippen LogP contribution in [-0.4, -0.2) is 68.1 Å². The lowest BCUT2D eigenvalue weighted by atomic mass is 9.41. The van der Waals surface area contributed by atoms with Crippen LogP contribution < -0.4 is 5.63 Å². The summed E-state index contributed by atoms with van der Waals surface area (Å²) >= 11 is 0. The largest absolute Gasteiger partial charge is 0.462 e. The Hall–Kier alpha value is -2.04. The Morgan fingerprint density at radius 3 is 2.34 bits per heavy atom. The van der Waals surface area contributed by atoms with E-state index in [4.69, 9.17) is 14.3 Å². The van der Waals surface area contributed by atoms with Crippen molar-refractivity contribution in [1.82, 2.24) is 0 Å². The number of aliphatic hydroxyl groups is 5. The van der Waals surface area contributed by atoms with Gasteiger partial charge in [0.05, 0.1) is 30.2 Å². The van der Waals surface area contributed by atoms with E-state index >= 15 is 0 Å². The molecule has 1 aromatic rings. The van der Waals surface area contributed by atoms with Crippen molar-refractivity contribution in [3.63, 3.8) is 0 Å². The summed E-state index contributed by atoms with van der Waals surface area (Å²) in [6.45, 7) is 2.00. The van der Waals surface area contributed by atoms with Crippen molar-refractivity contribution in [3.05, 3.63) is 46.5 Å². The minimum absolute atomic E-state index is 0.0943. The van der Waals surface area contributed by atoms with E-state index in [9.17, 15) is 30.0 Å². The zero-order valence-electron chi connectivity index (χ0n) is 28.3. The summed E-state index contributed by atoms with van der Waals surface area (Å²) in [5, 5.41) is 56.3. The van der Waals surface area contributed by atoms with Crippen LogP contribution in [0.15, 0.2) is 39.8 Å². The molecule has 9 atom stereocenters. The fourth-order valence-electron chi connectivity index (χ4n) is 10.5. The lowest BCUT2D eigenvalue weighted by Crippen LogP contribution is -2.72. The Balaban J connectivity index is 1.14. The molecule has 1 heterocycles. The molecule has 4 saturated carbocycles. The predicted molar refractivity (Wildman–Crippen MR) is 177 cm³/mol. The number of ether oxygens (including phenoxy) is 1. The molecule has 1 aromatic heterocycles. The van der Waals surface area contributed by atoms with Gasteiger partial charge in [0, 0.05) is 42.3 Å². The molecule has 9 nitrogen and oxygen atoms in total. The van der Waals surface area contributed by atoms with E-state index in [1.807, 2.05) is 6.92 Å². The van der Waals surface area contributed by atoms with Gasteiger partial charge in [-0.05, 0) is 107 Å². The molecule has 0 aromatic carbocycles. The van der Waals surface area contributed by atoms with Gasteiger partial charge in [0.1, 0.15) is 6.10 Å². The van der Waals surface area contributed by atoms with Crippen LogP contribution in [0.1, 0.15) is 134 Å². The van der Waals surface area contributed by atoms with Crippen molar-refractivity contribution in [2.75, 3.05) is 13.2 Å². The summed E-state index contributed by atoms with van der Waals surface area (Å²) in [6, 6.07) is 3.16. The maximum Gasteiger partial charge on any atom is 0.335 e. The second kappa shape index (κ2) is 15.2. The highest BCUT2D eigenvalue weighted by atomic mass is 16.5. The summed E-state index contributed by atoms with van der Waals surface area (Å²) < 4.78 is 11.0. The Labute approximate surface area is 279 Å². The number of unbranched alkanes of at least 4 members (excludes halogenated alkanes) is 7. The topological polar surface area (TPSA) is 158 Å². The van der Waals surface area contributed by atoms with Gasteiger partial charge in [0.15, 0.2) is 0 Å². The smallest absolute Gasteiger partial charge is 0.335 e. The number of fused-ring (bicyclic) bond motifs is 5. The Morgan fingerprint density at radius 1 is 0.936 bits per heavy atom. The van der Waals surface area contributed by atoms with E-state index in [1.54, 1.807) is 6.07 Å². The van der Waals surface area contributed by atoms with Crippen LogP contribution in [-0.2, 0) is 9.53 Å². The highest BCUT2D eigenvalue weighted by molar-refractivity contribution is 5.69. The average molecular weight is 659 g/mol. The van der Waals surface area contributed by atoms with Gasteiger partial charge < -0.3 is 34.7 Å². The number of rotatable bonds is 15. The van der Waals surface area contributed by atoms with Crippen LogP contribution in [0.4, 0.5) is 0 Å². The molecule has 0 amide bonds. The second-order valence-corrected chi connectivity index (χ2v) is 15.5. The Morgan fingerprint density at radius 2 is 1.66 bits per heavy atom. The van der Waals surface area contributed by atoms with E-state index in [-0.39, 0.29) is 37.4 Å². The summed E-state index contributed by atoms with van der Waals surface area (Å²) in [5.41, 5.74) is -3.67. The van der Waals surface area contributed by atoms with Crippen LogP contribution >= 0.6 is 0 Å². The number of hydrogen-bond donors (Lipinski definition) is 5. The molecule has 4 aliphatic carbocycles. The number of esters is 1. The summed E-state index contributed by atoms with van der Waals surface area (Å²) in [4.78, 5) is 24.4. The second-order valence-electron chi connectivity index (χ2n) is 15.5. The zero-order valence-corrected chi connectivity index (χ0v) is 28.3. The summed E-state index contributed by atoms with van der Waals surface area (Å²) in [5.74, 6) is -1.15. The molecule has 0 bridgehead atoms. The van der Waals surface area contributed by atoms with Crippen molar-refractivity contribution < 1.29 is 39.5 Å². The van der Waals surface area contributed by atoms with E-state index < -0.39 is 45.8 Å². The molecule has 0 radical (unpaired) electrons. The molecule has 4 aliphatic rings. The normalized spacial score (nSPS) is 38.1. The quantitative estimate of drug-likeness (QED) is 0.0958. The average Bonchev–Trinajstić information content (AvgIpc) is 3.31. The van der Waals surface area contributed by atoms with Crippen LogP contribution in [0, 0.1) is 22.7 Å². The SMILES string of the molecule is C[C@]12C[C@@H](O)[C@H]3[C@@H](CC[C@]4(O)C[C@@H](OC(=O)CCCCC/C=C\CCCCCCO)CC[C@]34CO)[C@@]1(O)CC[C@@H]2c1ccc(=O)oc1. The zero-order chi connectivity index (χ0) is 33.7. The number of carbonyl (C=O) groups excluding carboxylic acids is 1. The maximum absolute atomic E-state index is 12.8. The van der Waals surface area contributed by atoms with E-state index in [0.29, 0.717) is 51.4 Å². The minimum atomic E-state index is -1.32. The van der Waals surface area contributed by atoms with Crippen LogP contribution in [0.3, 0.4) is 0 Å². The summed E-state index contributed by atoms with van der Waals surface area (Å²) in [7, 11) is 0. The van der Waals surface area contributed by atoms with Crippen molar-refractivity contribution in [3.8, 4) is 0 Å². The van der Waals surface area contributed by atoms with Gasteiger partial charge in [-0.3, -0.25) is 4.79 Å². The van der Waals surface area contributed by atoms with Crippen molar-refractivity contribution in [2.45, 2.75) is 152 Å². The van der Waals surface area contributed by atoms with Gasteiger partial charge in [0.25, 0.3) is 0 Å². The minimum Gasteiger partial charge on any atom is -0.462 e. The molecule has 5 rings (SSSR count). The van der Waals surface area contributed by atoms with Gasteiger partial charge >= 0.3 is 11.6 Å². The first-order valence-corrected chi connectivity index (χ1v) is 18.3. The van der Waals surface area contributed by atoms with Crippen molar-refractivity contribution in [2.24, 2.45) is 22.7 Å². The summed E-state index contributed by atoms with van der Waals surface area (Å²) in [6.07, 6.45) is 17.6. The standard InChI is InChI=1S/C38H58O9/c1-35-24-31(41)34-30(38(35,45)21-18-29(35)27-14-15-32(42)46-25-27)17-20-37(44)23-28(16-19-36(34,37)26-40)47-33(43)13-11-9-7-5-3-2-4-6-8-10-12-22-39/h2-3,14-15,25,28-31,34,39-41,44-45H,4-13,16-24,26H2,1H3/b3-2-/t28-,29+,30+,31+,34+,35+,36-,37-,38-/m0/s1. The Kier molecular flexibility index (Phi) is 11.8. The monoisotopic (exact) mass is 658 g/mol. The molecule has 0 unspecified atom stereocenters. The molecule has 0 saturated heterocycles. The van der Waals surface area contributed by atoms with Gasteiger partial charge in [-0.2, -0.15) is 0 Å². The van der Waals surface area contributed by atoms with E-state index in [2.05, 4.69) is 12.2 Å². The predicted octanol–water partition coefficient (Wildman–Crippen LogP) is 5.30. The fourth-order valence-corrected chi connectivity index (χ4v) is 10.5. The van der Waals surface area contributed by atoms with Crippen LogP contribution in [0.5, 0.6) is 0 Å². The van der Waals surface area contributed by atoms with Crippen LogP contribution in [0.2, 0.25) is 0 Å². The first-order valence-electron chi connectivity index (χ1n) is 18.3. The highest BCUT2D eigenvalue weighted by Crippen LogP contribution is 2.71. The maximum atomic E-state index is 12.8. The molecule has 0 spiro atoms. The molecule has 47 heavy (non-hydrogen) atoms. The highest BCUT2D eigenvalue weighted by Gasteiger charge is 2.73. The van der Waals surface area contributed by atoms with Crippen LogP contribution in [0.25, 0.3) is 0 Å². The first kappa shape index (κ1) is 36.2. The number of allylic oxidation sites excluding steroid dienone is 2. The number of hydrogen-bond acceptors (Lipinski definition) is 9. The third kappa shape index (κ3) is 7.03. The molecule has 264 valence electrons. The van der Waals surface area contributed by atoms with E-state index in [1.165, 1.54) is 12.3 Å². The van der Waals surface area contributed by atoms with Gasteiger partial charge in [-0.15, -0.1) is 0 Å². The first-order chi connectivity index (χ1) is 22.5. The van der Waals surface area contributed by atoms with Crippen molar-refractivity contribution >= 4 is 5.97 Å². The van der Waals surface area contributed by atoms with E-state index in [0.717, 1.165) is 63.4 Å². The molecular formula is C38H58O9. The van der Waals surface area contributed by atoms with Gasteiger partial charge in [-0.25, -0.2) is 4.79 Å². The molecular weight excluding hydrogens is 600 g/mol. The number of aliphatic hydroxyl groups excluding tert-OH is 3. The van der Waals surface area contributed by atoms with Gasteiger partial charge in [-0.1, -0.05) is 38.3 Å². The third-order valence-corrected chi connectivity index (χ3v) is 13.0. The number of carbonyl (C=O) groups is 1. The third-order valence-electron chi connectivity index (χ3n) is 13.0. The lowest BCUT2D eigenvalue weighted by molar-refractivity contribution is -0.292. The molecule has 4 fully saturated rings. The Bertz CT molecular complexity index is 1260. The molecule has 0 aliphatic heterocycles. The van der Waals surface area contributed by atoms with Crippen molar-refractivity contribution in [1.29, 1.82) is 0 Å². The molecule has 9 heteroatoms. The molecule has 5 N–H and O–H groups in total.